The lowest BCUT2D eigenvalue weighted by atomic mass is 10.1. The van der Waals surface area contributed by atoms with Crippen LogP contribution in [0.3, 0.4) is 0 Å². The molecule has 1 saturated heterocycles. The van der Waals surface area contributed by atoms with Crippen LogP contribution >= 0.6 is 0 Å². The quantitative estimate of drug-likeness (QED) is 0.790. The first-order chi connectivity index (χ1) is 9.26. The Morgan fingerprint density at radius 1 is 1.68 bits per heavy atom. The third-order valence-electron chi connectivity index (χ3n) is 3.09. The molecule has 1 aliphatic heterocycles. The Labute approximate surface area is 112 Å². The van der Waals surface area contributed by atoms with Gasteiger partial charge in [0.2, 0.25) is 5.91 Å². The number of hydrogen-bond acceptors (Lipinski definition) is 5. The maximum Gasteiger partial charge on any atom is 0.244 e. The van der Waals surface area contributed by atoms with Gasteiger partial charge in [-0.05, 0) is 19.1 Å². The number of hydrogen-bond donors (Lipinski definition) is 2. The van der Waals surface area contributed by atoms with Gasteiger partial charge < -0.3 is 15.5 Å². The van der Waals surface area contributed by atoms with E-state index in [1.807, 2.05) is 24.0 Å². The first-order valence-electron chi connectivity index (χ1n) is 6.37. The molecule has 100 valence electrons. The number of anilines is 1. The summed E-state index contributed by atoms with van der Waals surface area (Å²) < 4.78 is 0. The Kier molecular flexibility index (Phi) is 4.31. The molecular formula is C13H17N5O. The predicted octanol–water partition coefficient (Wildman–Crippen LogP) is -0.132. The van der Waals surface area contributed by atoms with E-state index in [0.717, 1.165) is 18.8 Å². The minimum absolute atomic E-state index is 0.0130. The molecule has 1 aromatic rings. The molecular weight excluding hydrogens is 242 g/mol. The summed E-state index contributed by atoms with van der Waals surface area (Å²) in [7, 11) is 0. The van der Waals surface area contributed by atoms with Crippen molar-refractivity contribution >= 4 is 11.6 Å². The van der Waals surface area contributed by atoms with Gasteiger partial charge in [0.1, 0.15) is 17.8 Å². The maximum atomic E-state index is 12.0. The predicted molar refractivity (Wildman–Crippen MR) is 71.6 cm³/mol. The van der Waals surface area contributed by atoms with Crippen LogP contribution in [0.4, 0.5) is 5.69 Å². The second-order valence-corrected chi connectivity index (χ2v) is 4.32. The number of nitrogens with one attached hydrogen (secondary N) is 2. The highest BCUT2D eigenvalue weighted by Gasteiger charge is 2.28. The number of amides is 1. The van der Waals surface area contributed by atoms with E-state index in [2.05, 4.69) is 15.6 Å². The summed E-state index contributed by atoms with van der Waals surface area (Å²) in [6, 6.07) is 5.27. The molecule has 0 aliphatic carbocycles. The van der Waals surface area contributed by atoms with Crippen molar-refractivity contribution < 1.29 is 4.79 Å². The molecule has 1 amide bonds. The standard InChI is InChI=1S/C13H17N5O/c1-2-16-13(19)12-9-15-5-6-18(12)11-4-3-10(7-14)17-8-11/h3-4,8,12,15H,2,5-6,9H2,1H3,(H,16,19). The van der Waals surface area contributed by atoms with E-state index >= 15 is 0 Å². The molecule has 1 fully saturated rings. The molecule has 1 atom stereocenters. The largest absolute Gasteiger partial charge is 0.356 e. The van der Waals surface area contributed by atoms with E-state index in [9.17, 15) is 4.79 Å². The van der Waals surface area contributed by atoms with Crippen molar-refractivity contribution in [2.75, 3.05) is 31.1 Å². The summed E-state index contributed by atoms with van der Waals surface area (Å²) in [4.78, 5) is 18.1. The number of carbonyl (C=O) groups is 1. The molecule has 6 heteroatoms. The Morgan fingerprint density at radius 3 is 3.16 bits per heavy atom. The molecule has 2 heterocycles. The first kappa shape index (κ1) is 13.3. The Bertz CT molecular complexity index is 479. The highest BCUT2D eigenvalue weighted by molar-refractivity contribution is 5.85. The van der Waals surface area contributed by atoms with E-state index in [1.54, 1.807) is 12.3 Å². The Morgan fingerprint density at radius 2 is 2.53 bits per heavy atom. The fraction of sp³-hybridized carbons (Fsp3) is 0.462. The highest BCUT2D eigenvalue weighted by atomic mass is 16.2. The van der Waals surface area contributed by atoms with E-state index in [4.69, 9.17) is 5.26 Å². The van der Waals surface area contributed by atoms with Crippen molar-refractivity contribution in [1.82, 2.24) is 15.6 Å². The van der Waals surface area contributed by atoms with Gasteiger partial charge in [-0.15, -0.1) is 0 Å². The summed E-state index contributed by atoms with van der Waals surface area (Å²) in [5.74, 6) is 0.0130. The molecule has 2 N–H and O–H groups in total. The van der Waals surface area contributed by atoms with E-state index in [0.29, 0.717) is 18.8 Å². The second kappa shape index (κ2) is 6.16. The van der Waals surface area contributed by atoms with Gasteiger partial charge in [0, 0.05) is 26.2 Å². The van der Waals surface area contributed by atoms with Gasteiger partial charge in [0.25, 0.3) is 0 Å². The third-order valence-corrected chi connectivity index (χ3v) is 3.09. The van der Waals surface area contributed by atoms with Crippen molar-refractivity contribution in [2.24, 2.45) is 0 Å². The molecule has 0 bridgehead atoms. The number of nitrogens with zero attached hydrogens (tertiary/aromatic N) is 3. The topological polar surface area (TPSA) is 81.0 Å². The van der Waals surface area contributed by atoms with Gasteiger partial charge in [-0.3, -0.25) is 4.79 Å². The number of rotatable bonds is 3. The number of piperazine rings is 1. The van der Waals surface area contributed by atoms with Crippen LogP contribution in [0.5, 0.6) is 0 Å². The average Bonchev–Trinajstić information content (AvgIpc) is 2.47. The Balaban J connectivity index is 2.18. The molecule has 19 heavy (non-hydrogen) atoms. The first-order valence-corrected chi connectivity index (χ1v) is 6.37. The SMILES string of the molecule is CCNC(=O)C1CNCCN1c1ccc(C#N)nc1. The van der Waals surface area contributed by atoms with Gasteiger partial charge >= 0.3 is 0 Å². The second-order valence-electron chi connectivity index (χ2n) is 4.32. The van der Waals surface area contributed by atoms with Gasteiger partial charge in [-0.1, -0.05) is 0 Å². The zero-order valence-electron chi connectivity index (χ0n) is 10.9. The minimum atomic E-state index is -0.233. The fourth-order valence-corrected chi connectivity index (χ4v) is 2.16. The highest BCUT2D eigenvalue weighted by Crippen LogP contribution is 2.17. The lowest BCUT2D eigenvalue weighted by Crippen LogP contribution is -2.58. The lowest BCUT2D eigenvalue weighted by molar-refractivity contribution is -0.122. The summed E-state index contributed by atoms with van der Waals surface area (Å²) >= 11 is 0. The van der Waals surface area contributed by atoms with Gasteiger partial charge in [0.05, 0.1) is 11.9 Å². The summed E-state index contributed by atoms with van der Waals surface area (Å²) in [5, 5.41) is 14.8. The van der Waals surface area contributed by atoms with Crippen LogP contribution in [0.25, 0.3) is 0 Å². The number of likely N-dealkylation sites (N-methyl/N-ethyl adjacent to an activating group) is 1. The number of pyridine rings is 1. The van der Waals surface area contributed by atoms with Crippen LogP contribution in [0.2, 0.25) is 0 Å². The van der Waals surface area contributed by atoms with Crippen LogP contribution in [0.15, 0.2) is 18.3 Å². The van der Waals surface area contributed by atoms with Crippen LogP contribution in [-0.4, -0.2) is 43.1 Å². The molecule has 1 unspecified atom stereocenters. The zero-order valence-corrected chi connectivity index (χ0v) is 10.9. The molecule has 0 spiro atoms. The molecule has 1 aliphatic rings. The number of nitriles is 1. The van der Waals surface area contributed by atoms with Gasteiger partial charge in [-0.25, -0.2) is 4.98 Å². The minimum Gasteiger partial charge on any atom is -0.356 e. The van der Waals surface area contributed by atoms with Crippen LogP contribution in [0, 0.1) is 11.3 Å². The summed E-state index contributed by atoms with van der Waals surface area (Å²) in [6.07, 6.45) is 1.65. The molecule has 0 saturated carbocycles. The molecule has 1 aromatic heterocycles. The monoisotopic (exact) mass is 259 g/mol. The fourth-order valence-electron chi connectivity index (χ4n) is 2.16. The maximum absolute atomic E-state index is 12.0. The average molecular weight is 259 g/mol. The van der Waals surface area contributed by atoms with Gasteiger partial charge in [0.15, 0.2) is 0 Å². The number of aromatic nitrogens is 1. The summed E-state index contributed by atoms with van der Waals surface area (Å²) in [6.45, 7) is 4.72. The van der Waals surface area contributed by atoms with Crippen LogP contribution in [0.1, 0.15) is 12.6 Å². The number of carbonyl (C=O) groups excluding carboxylic acids is 1. The lowest BCUT2D eigenvalue weighted by Gasteiger charge is -2.36. The molecule has 0 radical (unpaired) electrons. The van der Waals surface area contributed by atoms with Crippen LogP contribution < -0.4 is 15.5 Å². The smallest absolute Gasteiger partial charge is 0.244 e. The van der Waals surface area contributed by atoms with Crippen LogP contribution in [-0.2, 0) is 4.79 Å². The molecule has 0 aromatic carbocycles. The van der Waals surface area contributed by atoms with E-state index in [1.165, 1.54) is 0 Å². The Hall–Kier alpha value is -2.13. The molecule has 6 nitrogen and oxygen atoms in total. The van der Waals surface area contributed by atoms with Crippen molar-refractivity contribution in [2.45, 2.75) is 13.0 Å². The van der Waals surface area contributed by atoms with Gasteiger partial charge in [-0.2, -0.15) is 5.26 Å². The summed E-state index contributed by atoms with van der Waals surface area (Å²) in [5.41, 5.74) is 1.25. The van der Waals surface area contributed by atoms with Crippen molar-refractivity contribution in [1.29, 1.82) is 5.26 Å². The molecule has 2 rings (SSSR count). The normalized spacial score (nSPS) is 18.7. The van der Waals surface area contributed by atoms with Crippen molar-refractivity contribution in [3.8, 4) is 6.07 Å². The third kappa shape index (κ3) is 3.01. The van der Waals surface area contributed by atoms with E-state index < -0.39 is 0 Å². The zero-order chi connectivity index (χ0) is 13.7. The van der Waals surface area contributed by atoms with E-state index in [-0.39, 0.29) is 11.9 Å². The van der Waals surface area contributed by atoms with Crippen molar-refractivity contribution in [3.05, 3.63) is 24.0 Å². The van der Waals surface area contributed by atoms with Crippen molar-refractivity contribution in [3.63, 3.8) is 0 Å².